The highest BCUT2D eigenvalue weighted by Gasteiger charge is 2.50. The van der Waals surface area contributed by atoms with Crippen molar-refractivity contribution >= 4 is 6.08 Å². The molecule has 0 spiro atoms. The van der Waals surface area contributed by atoms with E-state index in [2.05, 4.69) is 18.0 Å². The van der Waals surface area contributed by atoms with E-state index in [4.69, 9.17) is 4.42 Å². The van der Waals surface area contributed by atoms with E-state index >= 15 is 0 Å². The Hall–Kier alpha value is -1.05. The Kier molecular flexibility index (Phi) is 0.799. The van der Waals surface area contributed by atoms with Crippen molar-refractivity contribution in [3.05, 3.63) is 23.9 Å². The topological polar surface area (TPSA) is 26.0 Å². The van der Waals surface area contributed by atoms with Gasteiger partial charge in [-0.15, -0.1) is 0 Å². The van der Waals surface area contributed by atoms with Crippen LogP contribution in [-0.2, 0) is 0 Å². The zero-order chi connectivity index (χ0) is 7.42. The zero-order valence-electron chi connectivity index (χ0n) is 6.32. The Morgan fingerprint density at radius 3 is 3.36 bits per heavy atom. The minimum atomic E-state index is 0.661. The quantitative estimate of drug-likeness (QED) is 0.561. The van der Waals surface area contributed by atoms with Gasteiger partial charge in [-0.25, -0.2) is 4.98 Å². The SMILES string of the molecule is CC1C2C=Cc3ocnc3C12. The number of hydrogen-bond donors (Lipinski definition) is 0. The molecular formula is C9H9NO. The number of fused-ring (bicyclic) bond motifs is 3. The Labute approximate surface area is 64.9 Å². The summed E-state index contributed by atoms with van der Waals surface area (Å²) < 4.78 is 5.20. The molecule has 11 heavy (non-hydrogen) atoms. The monoisotopic (exact) mass is 147 g/mol. The third-order valence-electron chi connectivity index (χ3n) is 2.86. The summed E-state index contributed by atoms with van der Waals surface area (Å²) in [4.78, 5) is 4.21. The van der Waals surface area contributed by atoms with Gasteiger partial charge >= 0.3 is 0 Å². The Bertz CT molecular complexity index is 326. The fourth-order valence-corrected chi connectivity index (χ4v) is 2.06. The molecule has 0 aromatic carbocycles. The summed E-state index contributed by atoms with van der Waals surface area (Å²) >= 11 is 0. The normalized spacial score (nSPS) is 38.1. The molecule has 2 aliphatic rings. The van der Waals surface area contributed by atoms with Crippen molar-refractivity contribution < 1.29 is 4.42 Å². The molecule has 3 unspecified atom stereocenters. The minimum Gasteiger partial charge on any atom is -0.444 e. The van der Waals surface area contributed by atoms with E-state index in [1.165, 1.54) is 5.69 Å². The summed E-state index contributed by atoms with van der Waals surface area (Å²) in [5, 5.41) is 0. The lowest BCUT2D eigenvalue weighted by atomic mass is 10.1. The number of oxazole rings is 1. The predicted octanol–water partition coefficient (Wildman–Crippen LogP) is 2.05. The van der Waals surface area contributed by atoms with Crippen LogP contribution >= 0.6 is 0 Å². The predicted molar refractivity (Wildman–Crippen MR) is 40.9 cm³/mol. The first-order valence-electron chi connectivity index (χ1n) is 3.99. The van der Waals surface area contributed by atoms with E-state index in [0.717, 1.165) is 17.6 Å². The zero-order valence-corrected chi connectivity index (χ0v) is 6.32. The van der Waals surface area contributed by atoms with Crippen molar-refractivity contribution in [1.29, 1.82) is 0 Å². The van der Waals surface area contributed by atoms with Crippen LogP contribution in [0.3, 0.4) is 0 Å². The maximum Gasteiger partial charge on any atom is 0.181 e. The number of nitrogens with zero attached hydrogens (tertiary/aromatic N) is 1. The van der Waals surface area contributed by atoms with Crippen LogP contribution in [0.25, 0.3) is 6.08 Å². The first kappa shape index (κ1) is 5.58. The van der Waals surface area contributed by atoms with Crippen molar-refractivity contribution in [2.45, 2.75) is 12.8 Å². The second-order valence-corrected chi connectivity index (χ2v) is 3.42. The van der Waals surface area contributed by atoms with Crippen LogP contribution in [0.15, 0.2) is 16.9 Å². The number of aromatic nitrogens is 1. The third-order valence-corrected chi connectivity index (χ3v) is 2.86. The Morgan fingerprint density at radius 2 is 2.45 bits per heavy atom. The van der Waals surface area contributed by atoms with Gasteiger partial charge in [0.25, 0.3) is 0 Å². The minimum absolute atomic E-state index is 0.661. The largest absolute Gasteiger partial charge is 0.444 e. The van der Waals surface area contributed by atoms with Crippen molar-refractivity contribution in [3.8, 4) is 0 Å². The fourth-order valence-electron chi connectivity index (χ4n) is 2.06. The molecule has 1 aromatic rings. The summed E-state index contributed by atoms with van der Waals surface area (Å²) in [6, 6.07) is 0. The second-order valence-electron chi connectivity index (χ2n) is 3.42. The maximum absolute atomic E-state index is 5.20. The van der Waals surface area contributed by atoms with Crippen LogP contribution in [0.2, 0.25) is 0 Å². The molecule has 0 bridgehead atoms. The van der Waals surface area contributed by atoms with Crippen molar-refractivity contribution in [1.82, 2.24) is 4.98 Å². The lowest BCUT2D eigenvalue weighted by molar-refractivity contribution is 0.545. The average molecular weight is 147 g/mol. The first-order chi connectivity index (χ1) is 5.38. The number of rotatable bonds is 0. The molecule has 3 rings (SSSR count). The molecule has 1 heterocycles. The lowest BCUT2D eigenvalue weighted by Gasteiger charge is -1.97. The van der Waals surface area contributed by atoms with Gasteiger partial charge in [0.05, 0.1) is 5.69 Å². The smallest absolute Gasteiger partial charge is 0.181 e. The van der Waals surface area contributed by atoms with E-state index in [9.17, 15) is 0 Å². The molecule has 2 heteroatoms. The molecule has 2 aliphatic carbocycles. The summed E-state index contributed by atoms with van der Waals surface area (Å²) in [6.07, 6.45) is 5.83. The van der Waals surface area contributed by atoms with Crippen LogP contribution in [0.5, 0.6) is 0 Å². The molecule has 2 nitrogen and oxygen atoms in total. The maximum atomic E-state index is 5.20. The van der Waals surface area contributed by atoms with Crippen molar-refractivity contribution in [3.63, 3.8) is 0 Å². The summed E-state index contributed by atoms with van der Waals surface area (Å²) in [5.41, 5.74) is 1.17. The molecule has 0 N–H and O–H groups in total. The number of allylic oxidation sites excluding steroid dienone is 1. The molecule has 1 fully saturated rings. The van der Waals surface area contributed by atoms with Gasteiger partial charge in [0, 0.05) is 5.92 Å². The van der Waals surface area contributed by atoms with E-state index in [1.807, 2.05) is 6.08 Å². The number of hydrogen-bond acceptors (Lipinski definition) is 2. The van der Waals surface area contributed by atoms with Gasteiger partial charge in [0.2, 0.25) is 0 Å². The van der Waals surface area contributed by atoms with E-state index in [1.54, 1.807) is 6.39 Å². The van der Waals surface area contributed by atoms with Crippen LogP contribution in [-0.4, -0.2) is 4.98 Å². The van der Waals surface area contributed by atoms with Crippen LogP contribution in [0.4, 0.5) is 0 Å². The molecular weight excluding hydrogens is 138 g/mol. The molecule has 0 saturated heterocycles. The Balaban J connectivity index is 2.18. The molecule has 3 atom stereocenters. The van der Waals surface area contributed by atoms with Gasteiger partial charge in [-0.2, -0.15) is 0 Å². The highest BCUT2D eigenvalue weighted by Crippen LogP contribution is 2.57. The van der Waals surface area contributed by atoms with Gasteiger partial charge in [-0.1, -0.05) is 13.0 Å². The van der Waals surface area contributed by atoms with Crippen LogP contribution in [0, 0.1) is 11.8 Å². The molecule has 0 radical (unpaired) electrons. The first-order valence-corrected chi connectivity index (χ1v) is 3.99. The molecule has 56 valence electrons. The van der Waals surface area contributed by atoms with Gasteiger partial charge in [-0.3, -0.25) is 0 Å². The summed E-state index contributed by atoms with van der Waals surface area (Å²) in [7, 11) is 0. The van der Waals surface area contributed by atoms with Crippen molar-refractivity contribution in [2.24, 2.45) is 11.8 Å². The van der Waals surface area contributed by atoms with Gasteiger partial charge in [0.1, 0.15) is 5.76 Å². The highest BCUT2D eigenvalue weighted by atomic mass is 16.3. The van der Waals surface area contributed by atoms with Crippen LogP contribution in [0.1, 0.15) is 24.3 Å². The molecule has 1 saturated carbocycles. The standard InChI is InChI=1S/C9H9NO/c1-5-6-2-3-7-9(8(5)6)10-4-11-7/h2-6,8H,1H3. The van der Waals surface area contributed by atoms with Crippen molar-refractivity contribution in [2.75, 3.05) is 0 Å². The average Bonchev–Trinajstić information content (AvgIpc) is 2.48. The summed E-state index contributed by atoms with van der Waals surface area (Å²) in [6.45, 7) is 2.27. The van der Waals surface area contributed by atoms with E-state index < -0.39 is 0 Å². The molecule has 0 aliphatic heterocycles. The van der Waals surface area contributed by atoms with Gasteiger partial charge in [0.15, 0.2) is 6.39 Å². The van der Waals surface area contributed by atoms with Gasteiger partial charge in [-0.05, 0) is 17.9 Å². The Morgan fingerprint density at radius 1 is 1.55 bits per heavy atom. The summed E-state index contributed by atoms with van der Waals surface area (Å²) in [5.74, 6) is 3.15. The molecule has 0 amide bonds. The van der Waals surface area contributed by atoms with E-state index in [0.29, 0.717) is 5.92 Å². The highest BCUT2D eigenvalue weighted by molar-refractivity contribution is 5.54. The molecule has 1 aromatic heterocycles. The lowest BCUT2D eigenvalue weighted by Crippen LogP contribution is -1.89. The fraction of sp³-hybridized carbons (Fsp3) is 0.444. The van der Waals surface area contributed by atoms with Crippen LogP contribution < -0.4 is 0 Å². The third kappa shape index (κ3) is 0.553. The van der Waals surface area contributed by atoms with Gasteiger partial charge < -0.3 is 4.42 Å². The second kappa shape index (κ2) is 1.58. The van der Waals surface area contributed by atoms with E-state index in [-0.39, 0.29) is 0 Å².